The fourth-order valence-corrected chi connectivity index (χ4v) is 9.67. The number of carbonyl (C=O) groups is 10. The average molecular weight is 1310 g/mol. The summed E-state index contributed by atoms with van der Waals surface area (Å²) in [5.74, 6) is -13.6. The van der Waals surface area contributed by atoms with Gasteiger partial charge in [-0.2, -0.15) is 0 Å². The molecule has 0 aromatic heterocycles. The summed E-state index contributed by atoms with van der Waals surface area (Å²) < 4.78 is 110. The molecule has 0 bridgehead atoms. The molecule has 4 rings (SSSR count). The molecular weight excluding hydrogens is 1220 g/mol. The van der Waals surface area contributed by atoms with Crippen molar-refractivity contribution in [3.63, 3.8) is 0 Å². The van der Waals surface area contributed by atoms with Gasteiger partial charge in [0.25, 0.3) is 5.79 Å². The van der Waals surface area contributed by atoms with Gasteiger partial charge in [0, 0.05) is 61.9 Å². The number of aliphatic hydroxyl groups excluding tert-OH is 2. The SMILES string of the molecule is COC(=O)[C@@]1(O[C@H]2[C@@H](OC(C)=O)[C@@H](COC(=O)c3ccccc3)O[C@@H](O[C@H]3[C@H](O)[C@@H](NC(C)=O)[C@H](OCCOCCOCCOCCOCCOCCN)O[C@@H]3CO)[C@@H]2OC(C)=O)C[C@H](OC(C)=O)[C@@H](NC(C)=O)[C@H]([C@H](OC(C)=O)[C@@H](COC(C)=O)OC(C)=O)O1. The predicted octanol–water partition coefficient (Wildman–Crippen LogP) is -2.64. The molecule has 0 spiro atoms. The van der Waals surface area contributed by atoms with E-state index in [4.69, 9.17) is 95.7 Å². The van der Waals surface area contributed by atoms with Crippen molar-refractivity contribution >= 4 is 59.6 Å². The minimum atomic E-state index is -3.14. The Morgan fingerprint density at radius 3 is 1.64 bits per heavy atom. The number of nitrogens with two attached hydrogens (primary N) is 1. The maximum Gasteiger partial charge on any atom is 0.366 e. The van der Waals surface area contributed by atoms with Crippen LogP contribution in [0.5, 0.6) is 0 Å². The van der Waals surface area contributed by atoms with Crippen LogP contribution in [0.2, 0.25) is 0 Å². The highest BCUT2D eigenvalue weighted by atomic mass is 16.8. The van der Waals surface area contributed by atoms with Crippen molar-refractivity contribution in [2.75, 3.05) is 106 Å². The molecule has 3 saturated heterocycles. The smallest absolute Gasteiger partial charge is 0.366 e. The lowest BCUT2D eigenvalue weighted by molar-refractivity contribution is -0.383. The lowest BCUT2D eigenvalue weighted by atomic mass is 9.87. The normalized spacial score (nSPS) is 26.9. The van der Waals surface area contributed by atoms with Gasteiger partial charge in [-0.15, -0.1) is 0 Å². The molecule has 16 atom stereocenters. The number of esters is 8. The minimum absolute atomic E-state index is 0.0203. The number of ether oxygens (including phenoxy) is 19. The van der Waals surface area contributed by atoms with Crippen LogP contribution in [0.4, 0.5) is 0 Å². The second kappa shape index (κ2) is 39.7. The highest BCUT2D eigenvalue weighted by molar-refractivity contribution is 5.89. The fourth-order valence-electron chi connectivity index (χ4n) is 9.67. The summed E-state index contributed by atoms with van der Waals surface area (Å²) in [6.07, 6.45) is -26.2. The molecule has 3 aliphatic rings. The Balaban J connectivity index is 1.79. The summed E-state index contributed by atoms with van der Waals surface area (Å²) in [5.41, 5.74) is 5.40. The maximum absolute atomic E-state index is 14.8. The third-order valence-electron chi connectivity index (χ3n) is 13.2. The lowest BCUT2D eigenvalue weighted by Crippen LogP contribution is -2.72. The van der Waals surface area contributed by atoms with E-state index in [1.165, 1.54) is 24.3 Å². The van der Waals surface area contributed by atoms with Crippen LogP contribution in [0.15, 0.2) is 30.3 Å². The molecule has 514 valence electrons. The highest BCUT2D eigenvalue weighted by Crippen LogP contribution is 2.42. The molecule has 3 heterocycles. The van der Waals surface area contributed by atoms with E-state index in [9.17, 15) is 58.2 Å². The summed E-state index contributed by atoms with van der Waals surface area (Å²) in [7, 11) is 0.848. The van der Waals surface area contributed by atoms with Crippen LogP contribution < -0.4 is 16.4 Å². The van der Waals surface area contributed by atoms with Crippen LogP contribution in [0.3, 0.4) is 0 Å². The van der Waals surface area contributed by atoms with Gasteiger partial charge < -0.3 is 117 Å². The second-order valence-corrected chi connectivity index (χ2v) is 20.4. The summed E-state index contributed by atoms with van der Waals surface area (Å²) in [5, 5.41) is 28.2. The third-order valence-corrected chi connectivity index (χ3v) is 13.2. The van der Waals surface area contributed by atoms with Crippen molar-refractivity contribution < 1.29 is 148 Å². The van der Waals surface area contributed by atoms with Crippen molar-refractivity contribution in [1.29, 1.82) is 0 Å². The first-order chi connectivity index (χ1) is 43.3. The van der Waals surface area contributed by atoms with Crippen molar-refractivity contribution in [2.24, 2.45) is 5.73 Å². The zero-order valence-corrected chi connectivity index (χ0v) is 52.2. The molecule has 1 aromatic carbocycles. The Morgan fingerprint density at radius 2 is 1.13 bits per heavy atom. The largest absolute Gasteiger partial charge is 0.465 e. The Morgan fingerprint density at radius 1 is 0.604 bits per heavy atom. The molecule has 91 heavy (non-hydrogen) atoms. The Bertz CT molecular complexity index is 2490. The molecule has 34 heteroatoms. The molecule has 0 unspecified atom stereocenters. The van der Waals surface area contributed by atoms with E-state index in [2.05, 4.69) is 10.6 Å². The predicted molar refractivity (Wildman–Crippen MR) is 300 cm³/mol. The molecule has 6 N–H and O–H groups in total. The summed E-state index contributed by atoms with van der Waals surface area (Å²) in [4.78, 5) is 132. The minimum Gasteiger partial charge on any atom is -0.465 e. The van der Waals surface area contributed by atoms with Crippen LogP contribution >= 0.6 is 0 Å². The molecule has 3 aliphatic heterocycles. The number of amides is 2. The van der Waals surface area contributed by atoms with Crippen LogP contribution in [0.25, 0.3) is 0 Å². The van der Waals surface area contributed by atoms with Crippen molar-refractivity contribution in [1.82, 2.24) is 10.6 Å². The van der Waals surface area contributed by atoms with E-state index in [1.54, 1.807) is 6.07 Å². The van der Waals surface area contributed by atoms with Gasteiger partial charge in [0.15, 0.2) is 37.0 Å². The number of rotatable bonds is 38. The van der Waals surface area contributed by atoms with Crippen LogP contribution in [0.1, 0.15) is 72.2 Å². The quantitative estimate of drug-likeness (QED) is 0.0257. The topological polar surface area (TPSA) is 437 Å². The molecular formula is C57H85N3O31. The first kappa shape index (κ1) is 76.8. The van der Waals surface area contributed by atoms with Crippen LogP contribution in [-0.2, 0) is 133 Å². The summed E-state index contributed by atoms with van der Waals surface area (Å²) in [6.45, 7) is 8.06. The van der Waals surface area contributed by atoms with Gasteiger partial charge in [-0.3, -0.25) is 38.4 Å². The number of hydrogen-bond donors (Lipinski definition) is 5. The first-order valence-electron chi connectivity index (χ1n) is 29.0. The van der Waals surface area contributed by atoms with E-state index in [-0.39, 0.29) is 38.6 Å². The maximum atomic E-state index is 14.8. The van der Waals surface area contributed by atoms with Crippen molar-refractivity contribution in [2.45, 2.75) is 159 Å². The molecule has 3 fully saturated rings. The van der Waals surface area contributed by atoms with Crippen molar-refractivity contribution in [3.8, 4) is 0 Å². The van der Waals surface area contributed by atoms with Crippen molar-refractivity contribution in [3.05, 3.63) is 35.9 Å². The van der Waals surface area contributed by atoms with Gasteiger partial charge in [-0.1, -0.05) is 18.2 Å². The van der Waals surface area contributed by atoms with E-state index in [0.717, 1.165) is 62.5 Å². The van der Waals surface area contributed by atoms with E-state index in [1.807, 2.05) is 0 Å². The van der Waals surface area contributed by atoms with Gasteiger partial charge in [0.2, 0.25) is 11.8 Å². The number of benzene rings is 1. The van der Waals surface area contributed by atoms with Gasteiger partial charge in [0.1, 0.15) is 62.0 Å². The second-order valence-electron chi connectivity index (χ2n) is 20.4. The number of carbonyl (C=O) groups excluding carboxylic acids is 10. The van der Waals surface area contributed by atoms with E-state index >= 15 is 0 Å². The molecule has 0 radical (unpaired) electrons. The van der Waals surface area contributed by atoms with E-state index < -0.39 is 183 Å². The number of hydrogen-bond acceptors (Lipinski definition) is 32. The highest BCUT2D eigenvalue weighted by Gasteiger charge is 2.64. The number of aliphatic hydroxyl groups is 2. The monoisotopic (exact) mass is 1310 g/mol. The Labute approximate surface area is 524 Å². The van der Waals surface area contributed by atoms with E-state index in [0.29, 0.717) is 46.2 Å². The van der Waals surface area contributed by atoms with Gasteiger partial charge in [0.05, 0.1) is 104 Å². The first-order valence-corrected chi connectivity index (χ1v) is 29.0. The molecule has 2 amide bonds. The third kappa shape index (κ3) is 25.4. The average Bonchev–Trinajstić information content (AvgIpc) is 0.751. The lowest BCUT2D eigenvalue weighted by Gasteiger charge is -2.52. The number of methoxy groups -OCH3 is 1. The Hall–Kier alpha value is -6.64. The number of nitrogens with one attached hydrogen (secondary N) is 2. The molecule has 34 nitrogen and oxygen atoms in total. The Kier molecular flexibility index (Phi) is 33.5. The zero-order chi connectivity index (χ0) is 67.2. The van der Waals surface area contributed by atoms with Gasteiger partial charge in [-0.25, -0.2) is 9.59 Å². The standard InChI is InChI=1S/C57H85N3O31/c1-31(62)59-44-40(82-34(4)65)27-57(56(72)73-9,90-50(44)48(84-36(6)67)42(83-35(5)66)29-80-33(3)64)91-51-49(85-37(7)68)43(30-81-53(71)39-13-11-10-12-14-39)88-55(52(51)86-38(8)69)89-47-41(28-61)87-54(45(46(47)70)60-32(2)63)79-26-25-78-24-23-77-22-21-76-20-19-75-18-17-74-16-15-58/h10-14,40-52,54-55,61,70H,15-30,58H2,1-9H3,(H,59,62)(H,60,63)/t40-,41+,42+,43+,44+,45+,46+,47+,48+,49-,50+,51-,52+,54+,55-,57-/m0/s1. The molecule has 0 saturated carbocycles. The summed E-state index contributed by atoms with van der Waals surface area (Å²) >= 11 is 0. The molecule has 1 aromatic rings. The molecule has 0 aliphatic carbocycles. The van der Waals surface area contributed by atoms with Crippen LogP contribution in [0, 0.1) is 0 Å². The fraction of sp³-hybridized carbons (Fsp3) is 0.719. The van der Waals surface area contributed by atoms with Gasteiger partial charge >= 0.3 is 47.8 Å². The zero-order valence-electron chi connectivity index (χ0n) is 52.2. The summed E-state index contributed by atoms with van der Waals surface area (Å²) in [6, 6.07) is 4.25. The van der Waals surface area contributed by atoms with Gasteiger partial charge in [-0.05, 0) is 12.1 Å². The van der Waals surface area contributed by atoms with Crippen LogP contribution in [-0.4, -0.2) is 274 Å².